The molecular weight excluding hydrogens is 318 g/mol. The van der Waals surface area contributed by atoms with Crippen LogP contribution in [0, 0.1) is 5.41 Å². The van der Waals surface area contributed by atoms with Gasteiger partial charge in [0.2, 0.25) is 0 Å². The van der Waals surface area contributed by atoms with Crippen molar-refractivity contribution in [2.24, 2.45) is 5.41 Å². The molecule has 1 aromatic heterocycles. The third-order valence-corrected chi connectivity index (χ3v) is 7.23. The van der Waals surface area contributed by atoms with Crippen LogP contribution in [0.5, 0.6) is 0 Å². The summed E-state index contributed by atoms with van der Waals surface area (Å²) < 4.78 is 0. The molecule has 25 heavy (non-hydrogen) atoms. The molecule has 1 heterocycles. The third kappa shape index (κ3) is 4.41. The van der Waals surface area contributed by atoms with Crippen molar-refractivity contribution >= 4 is 13.3 Å². The van der Waals surface area contributed by atoms with Crippen molar-refractivity contribution in [3.63, 3.8) is 0 Å². The molecule has 0 saturated carbocycles. The van der Waals surface area contributed by atoms with E-state index in [2.05, 4.69) is 70.9 Å². The van der Waals surface area contributed by atoms with Crippen LogP contribution in [0.25, 0.3) is 11.3 Å². The van der Waals surface area contributed by atoms with Crippen LogP contribution in [0.3, 0.4) is 0 Å². The Kier molecular flexibility index (Phi) is 4.94. The van der Waals surface area contributed by atoms with E-state index in [-0.39, 0.29) is 0 Å². The first-order valence-corrected chi connectivity index (χ1v) is 13.3. The van der Waals surface area contributed by atoms with Crippen LogP contribution in [-0.4, -0.2) is 13.1 Å². The van der Waals surface area contributed by atoms with Crippen LogP contribution >= 0.6 is 0 Å². The van der Waals surface area contributed by atoms with Crippen molar-refractivity contribution in [2.75, 3.05) is 0 Å². The topological polar surface area (TPSA) is 12.9 Å². The number of pyridine rings is 1. The second-order valence-electron chi connectivity index (χ2n) is 9.90. The van der Waals surface area contributed by atoms with Crippen LogP contribution in [0.15, 0.2) is 30.5 Å². The number of hydrogen-bond acceptors (Lipinski definition) is 1. The molecule has 0 saturated heterocycles. The third-order valence-electron chi connectivity index (χ3n) is 5.16. The van der Waals surface area contributed by atoms with Crippen LogP contribution in [0.1, 0.15) is 50.3 Å². The summed E-state index contributed by atoms with van der Waals surface area (Å²) >= 11 is 0. The van der Waals surface area contributed by atoms with Gasteiger partial charge in [0.1, 0.15) is 0 Å². The molecular formula is C23H33NSi. The first-order valence-electron chi connectivity index (χ1n) is 9.75. The molecule has 1 aliphatic rings. The van der Waals surface area contributed by atoms with Crippen LogP contribution in [0.2, 0.25) is 19.6 Å². The summed E-state index contributed by atoms with van der Waals surface area (Å²) in [7, 11) is -1.39. The molecule has 0 radical (unpaired) electrons. The predicted molar refractivity (Wildman–Crippen MR) is 112 cm³/mol. The quantitative estimate of drug-likeness (QED) is 0.641. The fourth-order valence-electron chi connectivity index (χ4n) is 3.94. The molecule has 0 spiro atoms. The van der Waals surface area contributed by atoms with Gasteiger partial charge in [-0.3, -0.25) is 4.98 Å². The molecule has 3 rings (SSSR count). The average Bonchev–Trinajstić information content (AvgIpc) is 2.51. The van der Waals surface area contributed by atoms with Crippen molar-refractivity contribution < 1.29 is 0 Å². The van der Waals surface area contributed by atoms with Crippen molar-refractivity contribution in [3.8, 4) is 11.3 Å². The molecule has 1 aliphatic carbocycles. The molecule has 0 fully saturated rings. The fraction of sp³-hybridized carbons (Fsp3) is 0.522. The Balaban J connectivity index is 2.04. The minimum absolute atomic E-state index is 0.295. The zero-order chi connectivity index (χ0) is 18.2. The molecule has 2 heteroatoms. The van der Waals surface area contributed by atoms with Gasteiger partial charge in [-0.15, -0.1) is 0 Å². The molecule has 1 aromatic carbocycles. The highest BCUT2D eigenvalue weighted by Gasteiger charge is 2.24. The van der Waals surface area contributed by atoms with Gasteiger partial charge in [-0.1, -0.05) is 52.5 Å². The summed E-state index contributed by atoms with van der Waals surface area (Å²) in [5.74, 6) is 0. The van der Waals surface area contributed by atoms with Gasteiger partial charge in [0, 0.05) is 11.8 Å². The van der Waals surface area contributed by atoms with E-state index in [9.17, 15) is 0 Å². The number of fused-ring (bicyclic) bond motifs is 1. The van der Waals surface area contributed by atoms with Crippen LogP contribution in [-0.2, 0) is 19.3 Å². The van der Waals surface area contributed by atoms with E-state index < -0.39 is 8.07 Å². The second-order valence-corrected chi connectivity index (χ2v) is 14.9. The van der Waals surface area contributed by atoms with E-state index in [1.807, 2.05) is 0 Å². The van der Waals surface area contributed by atoms with Gasteiger partial charge < -0.3 is 0 Å². The van der Waals surface area contributed by atoms with Gasteiger partial charge in [0.15, 0.2) is 0 Å². The van der Waals surface area contributed by atoms with Crippen molar-refractivity contribution in [1.82, 2.24) is 4.98 Å². The predicted octanol–water partition coefficient (Wildman–Crippen LogP) is 5.76. The highest BCUT2D eigenvalue weighted by atomic mass is 28.3. The smallest absolute Gasteiger partial charge is 0.0799 e. The minimum atomic E-state index is -1.39. The average molecular weight is 352 g/mol. The SMILES string of the molecule is CC(C)(C)Cc1cc(-c2ccc3c(c2)CCCC3)ncc1[Si](C)(C)C. The standard InChI is InChI=1S/C23H33NSi/c1-23(2,3)15-20-14-21(24-16-22(20)25(4,5)6)19-12-11-17-9-7-8-10-18(17)13-19/h11-14,16H,7-10,15H2,1-6H3. The Labute approximate surface area is 154 Å². The van der Waals surface area contributed by atoms with E-state index in [1.54, 1.807) is 5.56 Å². The van der Waals surface area contributed by atoms with E-state index in [0.717, 1.165) is 12.1 Å². The largest absolute Gasteiger partial charge is 0.256 e. The number of rotatable bonds is 3. The molecule has 0 unspecified atom stereocenters. The lowest BCUT2D eigenvalue weighted by Gasteiger charge is -2.26. The van der Waals surface area contributed by atoms with Crippen molar-refractivity contribution in [2.45, 2.75) is 72.5 Å². The highest BCUT2D eigenvalue weighted by Crippen LogP contribution is 2.28. The summed E-state index contributed by atoms with van der Waals surface area (Å²) in [5.41, 5.74) is 7.32. The monoisotopic (exact) mass is 351 g/mol. The van der Waals surface area contributed by atoms with Gasteiger partial charge >= 0.3 is 0 Å². The second kappa shape index (κ2) is 6.72. The van der Waals surface area contributed by atoms with Crippen LogP contribution in [0.4, 0.5) is 0 Å². The molecule has 2 aromatic rings. The zero-order valence-corrected chi connectivity index (χ0v) is 17.9. The maximum absolute atomic E-state index is 4.89. The number of hydrogen-bond donors (Lipinski definition) is 0. The van der Waals surface area contributed by atoms with Gasteiger partial charge in [-0.05, 0) is 71.5 Å². The molecule has 1 nitrogen and oxygen atoms in total. The molecule has 0 atom stereocenters. The normalized spacial score (nSPS) is 15.1. The fourth-order valence-corrected chi connectivity index (χ4v) is 5.52. The molecule has 0 N–H and O–H groups in total. The molecule has 0 bridgehead atoms. The first-order chi connectivity index (χ1) is 11.6. The maximum Gasteiger partial charge on any atom is 0.0799 e. The lowest BCUT2D eigenvalue weighted by atomic mass is 9.87. The number of benzene rings is 1. The van der Waals surface area contributed by atoms with Gasteiger partial charge in [-0.2, -0.15) is 0 Å². The summed E-state index contributed by atoms with van der Waals surface area (Å²) in [6.45, 7) is 14.3. The lowest BCUT2D eigenvalue weighted by Crippen LogP contribution is -2.41. The van der Waals surface area contributed by atoms with Gasteiger partial charge in [-0.25, -0.2) is 0 Å². The Morgan fingerprint density at radius 2 is 1.64 bits per heavy atom. The molecule has 0 aliphatic heterocycles. The maximum atomic E-state index is 4.89. The van der Waals surface area contributed by atoms with E-state index in [0.29, 0.717) is 5.41 Å². The Hall–Kier alpha value is -1.41. The number of nitrogens with zero attached hydrogens (tertiary/aromatic N) is 1. The number of aryl methyl sites for hydroxylation is 2. The highest BCUT2D eigenvalue weighted by molar-refractivity contribution is 6.89. The van der Waals surface area contributed by atoms with Gasteiger partial charge in [0.05, 0.1) is 13.8 Å². The molecule has 0 amide bonds. The van der Waals surface area contributed by atoms with Crippen molar-refractivity contribution in [1.29, 1.82) is 0 Å². The first kappa shape index (κ1) is 18.4. The summed E-state index contributed by atoms with van der Waals surface area (Å²) in [6.07, 6.45) is 8.44. The minimum Gasteiger partial charge on any atom is -0.256 e. The van der Waals surface area contributed by atoms with E-state index in [1.165, 1.54) is 47.6 Å². The Morgan fingerprint density at radius 3 is 2.28 bits per heavy atom. The van der Waals surface area contributed by atoms with E-state index >= 15 is 0 Å². The number of aromatic nitrogens is 1. The molecule has 134 valence electrons. The summed E-state index contributed by atoms with van der Waals surface area (Å²) in [5, 5.41) is 1.52. The van der Waals surface area contributed by atoms with Gasteiger partial charge in [0.25, 0.3) is 0 Å². The zero-order valence-electron chi connectivity index (χ0n) is 16.9. The van der Waals surface area contributed by atoms with Crippen LogP contribution < -0.4 is 5.19 Å². The lowest BCUT2D eigenvalue weighted by molar-refractivity contribution is 0.412. The summed E-state index contributed by atoms with van der Waals surface area (Å²) in [4.78, 5) is 4.89. The Bertz CT molecular complexity index is 763. The van der Waals surface area contributed by atoms with Crippen molar-refractivity contribution in [3.05, 3.63) is 47.2 Å². The summed E-state index contributed by atoms with van der Waals surface area (Å²) in [6, 6.07) is 9.39. The Morgan fingerprint density at radius 1 is 0.960 bits per heavy atom. The van der Waals surface area contributed by atoms with E-state index in [4.69, 9.17) is 4.98 Å².